The van der Waals surface area contributed by atoms with E-state index in [4.69, 9.17) is 15.2 Å². The molecule has 0 aliphatic carbocycles. The monoisotopic (exact) mass is 288 g/mol. The highest BCUT2D eigenvalue weighted by Gasteiger charge is 2.20. The predicted octanol–water partition coefficient (Wildman–Crippen LogP) is 2.66. The Bertz CT molecular complexity index is 658. The van der Waals surface area contributed by atoms with Crippen LogP contribution in [0.5, 0.6) is 11.5 Å². The fourth-order valence-corrected chi connectivity index (χ4v) is 2.17. The van der Waals surface area contributed by atoms with Gasteiger partial charge in [0.2, 0.25) is 0 Å². The molecule has 0 fully saturated rings. The molecule has 6 nitrogen and oxygen atoms in total. The average molecular weight is 288 g/mol. The van der Waals surface area contributed by atoms with E-state index in [-0.39, 0.29) is 5.69 Å². The summed E-state index contributed by atoms with van der Waals surface area (Å²) in [4.78, 5) is 10.5. The average Bonchev–Trinajstić information content (AvgIpc) is 2.53. The molecular weight excluding hydrogens is 272 g/mol. The second kappa shape index (κ2) is 6.23. The number of nitro groups is 1. The van der Waals surface area contributed by atoms with Crippen molar-refractivity contribution in [3.05, 3.63) is 63.7 Å². The van der Waals surface area contributed by atoms with E-state index in [0.717, 1.165) is 5.56 Å². The van der Waals surface area contributed by atoms with Gasteiger partial charge in [0.25, 0.3) is 5.69 Å². The Kier molecular flexibility index (Phi) is 4.39. The maximum absolute atomic E-state index is 10.9. The van der Waals surface area contributed by atoms with Gasteiger partial charge in [0.05, 0.1) is 25.2 Å². The van der Waals surface area contributed by atoms with Crippen molar-refractivity contribution in [2.24, 2.45) is 5.73 Å². The number of para-hydroxylation sites is 1. The van der Waals surface area contributed by atoms with Crippen LogP contribution in [0.3, 0.4) is 0 Å². The predicted molar refractivity (Wildman–Crippen MR) is 78.7 cm³/mol. The van der Waals surface area contributed by atoms with Crippen molar-refractivity contribution in [2.75, 3.05) is 14.2 Å². The van der Waals surface area contributed by atoms with Gasteiger partial charge in [0.1, 0.15) is 11.5 Å². The van der Waals surface area contributed by atoms with Crippen molar-refractivity contribution in [1.82, 2.24) is 0 Å². The Morgan fingerprint density at radius 2 is 1.67 bits per heavy atom. The molecule has 2 rings (SSSR count). The maximum Gasteiger partial charge on any atom is 0.270 e. The summed E-state index contributed by atoms with van der Waals surface area (Å²) in [6.45, 7) is 0. The molecule has 2 N–H and O–H groups in total. The van der Waals surface area contributed by atoms with Crippen molar-refractivity contribution < 1.29 is 14.4 Å². The van der Waals surface area contributed by atoms with Crippen LogP contribution in [0.15, 0.2) is 42.5 Å². The zero-order valence-corrected chi connectivity index (χ0v) is 11.8. The molecule has 2 aromatic rings. The van der Waals surface area contributed by atoms with Crippen LogP contribution in [0.25, 0.3) is 0 Å². The highest BCUT2D eigenvalue weighted by molar-refractivity contribution is 5.50. The first-order valence-electron chi connectivity index (χ1n) is 6.29. The van der Waals surface area contributed by atoms with E-state index in [9.17, 15) is 10.1 Å². The number of hydrogen-bond donors (Lipinski definition) is 1. The number of nitrogens with two attached hydrogens (primary N) is 1. The highest BCUT2D eigenvalue weighted by Crippen LogP contribution is 2.35. The summed E-state index contributed by atoms with van der Waals surface area (Å²) in [6.07, 6.45) is 0. The van der Waals surface area contributed by atoms with E-state index in [0.29, 0.717) is 17.1 Å². The lowest BCUT2D eigenvalue weighted by atomic mass is 9.97. The molecule has 0 heterocycles. The lowest BCUT2D eigenvalue weighted by molar-refractivity contribution is -0.384. The largest absolute Gasteiger partial charge is 0.496 e. The van der Waals surface area contributed by atoms with Crippen molar-refractivity contribution >= 4 is 5.69 Å². The summed E-state index contributed by atoms with van der Waals surface area (Å²) < 4.78 is 10.5. The summed E-state index contributed by atoms with van der Waals surface area (Å²) in [5, 5.41) is 10.9. The van der Waals surface area contributed by atoms with E-state index in [2.05, 4.69) is 0 Å². The van der Waals surface area contributed by atoms with E-state index < -0.39 is 11.0 Å². The summed E-state index contributed by atoms with van der Waals surface area (Å²) in [7, 11) is 3.05. The fraction of sp³-hybridized carbons (Fsp3) is 0.200. The molecule has 0 aromatic heterocycles. The Balaban J connectivity index is 2.53. The standard InChI is InChI=1S/C15H16N2O4/c1-20-13-6-4-3-5-11(13)15(16)12-9-10(17(18)19)7-8-14(12)21-2/h3-9,15H,16H2,1-2H3. The lowest BCUT2D eigenvalue weighted by Crippen LogP contribution is -2.14. The molecule has 0 saturated heterocycles. The number of ether oxygens (including phenoxy) is 2. The van der Waals surface area contributed by atoms with Gasteiger partial charge < -0.3 is 15.2 Å². The number of nitrogens with zero attached hydrogens (tertiary/aromatic N) is 1. The molecule has 2 aromatic carbocycles. The molecule has 21 heavy (non-hydrogen) atoms. The Morgan fingerprint density at radius 1 is 1.05 bits per heavy atom. The Morgan fingerprint density at radius 3 is 2.29 bits per heavy atom. The molecule has 0 saturated carbocycles. The highest BCUT2D eigenvalue weighted by atomic mass is 16.6. The molecule has 1 atom stereocenters. The quantitative estimate of drug-likeness (QED) is 0.675. The van der Waals surface area contributed by atoms with Crippen molar-refractivity contribution in [1.29, 1.82) is 0 Å². The summed E-state index contributed by atoms with van der Waals surface area (Å²) in [5.41, 5.74) is 7.50. The minimum Gasteiger partial charge on any atom is -0.496 e. The fourth-order valence-electron chi connectivity index (χ4n) is 2.17. The minimum atomic E-state index is -0.587. The molecule has 0 bridgehead atoms. The molecule has 0 radical (unpaired) electrons. The number of rotatable bonds is 5. The van der Waals surface area contributed by atoms with Crippen molar-refractivity contribution in [3.63, 3.8) is 0 Å². The maximum atomic E-state index is 10.9. The minimum absolute atomic E-state index is 0.0313. The van der Waals surface area contributed by atoms with Crippen molar-refractivity contribution in [2.45, 2.75) is 6.04 Å². The number of hydrogen-bond acceptors (Lipinski definition) is 5. The lowest BCUT2D eigenvalue weighted by Gasteiger charge is -2.18. The molecule has 110 valence electrons. The van der Waals surface area contributed by atoms with Gasteiger partial charge in [0, 0.05) is 23.3 Å². The molecule has 6 heteroatoms. The molecule has 1 unspecified atom stereocenters. The zero-order valence-electron chi connectivity index (χ0n) is 11.8. The molecular formula is C15H16N2O4. The van der Waals surface area contributed by atoms with Crippen LogP contribution < -0.4 is 15.2 Å². The van der Waals surface area contributed by atoms with Gasteiger partial charge >= 0.3 is 0 Å². The van der Waals surface area contributed by atoms with Crippen LogP contribution >= 0.6 is 0 Å². The summed E-state index contributed by atoms with van der Waals surface area (Å²) >= 11 is 0. The van der Waals surface area contributed by atoms with Crippen molar-refractivity contribution in [3.8, 4) is 11.5 Å². The first-order chi connectivity index (χ1) is 10.1. The van der Waals surface area contributed by atoms with Gasteiger partial charge in [-0.25, -0.2) is 0 Å². The third-order valence-electron chi connectivity index (χ3n) is 3.23. The van der Waals surface area contributed by atoms with E-state index in [1.165, 1.54) is 19.2 Å². The first kappa shape index (κ1) is 14.8. The van der Waals surface area contributed by atoms with Crippen LogP contribution in [-0.2, 0) is 0 Å². The van der Waals surface area contributed by atoms with Gasteiger partial charge in [-0.2, -0.15) is 0 Å². The van der Waals surface area contributed by atoms with Gasteiger partial charge in [-0.1, -0.05) is 18.2 Å². The van der Waals surface area contributed by atoms with Gasteiger partial charge in [0.15, 0.2) is 0 Å². The van der Waals surface area contributed by atoms with E-state index >= 15 is 0 Å². The SMILES string of the molecule is COc1ccccc1C(N)c1cc([N+](=O)[O-])ccc1OC. The second-order valence-corrected chi connectivity index (χ2v) is 4.40. The Labute approximate surface area is 122 Å². The van der Waals surface area contributed by atoms with Crippen LogP contribution in [0, 0.1) is 10.1 Å². The van der Waals surface area contributed by atoms with Crippen LogP contribution in [0.2, 0.25) is 0 Å². The third-order valence-corrected chi connectivity index (χ3v) is 3.23. The molecule has 0 aliphatic heterocycles. The summed E-state index contributed by atoms with van der Waals surface area (Å²) in [5.74, 6) is 1.12. The van der Waals surface area contributed by atoms with Gasteiger partial charge in [-0.15, -0.1) is 0 Å². The van der Waals surface area contributed by atoms with Crippen LogP contribution in [-0.4, -0.2) is 19.1 Å². The normalized spacial score (nSPS) is 11.8. The Hall–Kier alpha value is -2.60. The molecule has 0 spiro atoms. The van der Waals surface area contributed by atoms with Crippen LogP contribution in [0.4, 0.5) is 5.69 Å². The third kappa shape index (κ3) is 2.95. The van der Waals surface area contributed by atoms with E-state index in [1.807, 2.05) is 18.2 Å². The van der Waals surface area contributed by atoms with E-state index in [1.54, 1.807) is 19.2 Å². The zero-order chi connectivity index (χ0) is 15.4. The number of nitro benzene ring substituents is 1. The smallest absolute Gasteiger partial charge is 0.270 e. The topological polar surface area (TPSA) is 87.6 Å². The van der Waals surface area contributed by atoms with Crippen LogP contribution in [0.1, 0.15) is 17.2 Å². The number of non-ortho nitro benzene ring substituents is 1. The summed E-state index contributed by atoms with van der Waals surface area (Å²) in [6, 6.07) is 11.0. The van der Waals surface area contributed by atoms with Gasteiger partial charge in [-0.3, -0.25) is 10.1 Å². The number of methoxy groups -OCH3 is 2. The van der Waals surface area contributed by atoms with Gasteiger partial charge in [-0.05, 0) is 12.1 Å². The number of benzene rings is 2. The molecule has 0 aliphatic rings. The first-order valence-corrected chi connectivity index (χ1v) is 6.29. The molecule has 0 amide bonds. The second-order valence-electron chi connectivity index (χ2n) is 4.40.